The molecule has 0 unspecified atom stereocenters. The molecule has 2 aromatic heterocycles. The van der Waals surface area contributed by atoms with E-state index in [1.807, 2.05) is 36.9 Å². The lowest BCUT2D eigenvalue weighted by molar-refractivity contribution is 0.415. The Morgan fingerprint density at radius 3 is 2.95 bits per heavy atom. The van der Waals surface area contributed by atoms with Crippen molar-refractivity contribution in [2.75, 3.05) is 7.11 Å². The molecule has 0 atom stereocenters. The number of ether oxygens (including phenoxy) is 1. The fourth-order valence-corrected chi connectivity index (χ4v) is 3.29. The first-order chi connectivity index (χ1) is 10.1. The minimum atomic E-state index is 0.468. The van der Waals surface area contributed by atoms with Gasteiger partial charge in [0, 0.05) is 25.2 Å². The van der Waals surface area contributed by atoms with Gasteiger partial charge in [-0.3, -0.25) is 4.68 Å². The third-order valence-electron chi connectivity index (χ3n) is 3.35. The molecular formula is C14H17N5OS. The summed E-state index contributed by atoms with van der Waals surface area (Å²) >= 11 is 1.54. The van der Waals surface area contributed by atoms with Gasteiger partial charge in [0.05, 0.1) is 23.8 Å². The third kappa shape index (κ3) is 2.50. The topological polar surface area (TPSA) is 81.8 Å². The highest BCUT2D eigenvalue weighted by Crippen LogP contribution is 2.31. The number of H-pyrrole nitrogens is 1. The fourth-order valence-electron chi connectivity index (χ4n) is 2.28. The molecule has 0 radical (unpaired) electrons. The molecule has 7 heteroatoms. The van der Waals surface area contributed by atoms with Gasteiger partial charge in [-0.15, -0.1) is 0 Å². The van der Waals surface area contributed by atoms with E-state index in [-0.39, 0.29) is 0 Å². The van der Waals surface area contributed by atoms with E-state index in [0.29, 0.717) is 6.54 Å². The average Bonchev–Trinajstić information content (AvgIpc) is 2.99. The molecule has 0 bridgehead atoms. The molecule has 0 aliphatic heterocycles. The van der Waals surface area contributed by atoms with Gasteiger partial charge in [-0.2, -0.15) is 5.10 Å². The van der Waals surface area contributed by atoms with Crippen molar-refractivity contribution in [1.29, 1.82) is 0 Å². The molecule has 0 amide bonds. The van der Waals surface area contributed by atoms with Gasteiger partial charge < -0.3 is 15.5 Å². The van der Waals surface area contributed by atoms with Crippen molar-refractivity contribution in [3.8, 4) is 5.75 Å². The first-order valence-corrected chi connectivity index (χ1v) is 7.38. The summed E-state index contributed by atoms with van der Waals surface area (Å²) in [6.07, 6.45) is 0. The van der Waals surface area contributed by atoms with Crippen LogP contribution in [0.25, 0.3) is 11.0 Å². The highest BCUT2D eigenvalue weighted by atomic mass is 32.2. The molecular weight excluding hydrogens is 286 g/mol. The van der Waals surface area contributed by atoms with E-state index < -0.39 is 0 Å². The zero-order valence-electron chi connectivity index (χ0n) is 12.2. The summed E-state index contributed by atoms with van der Waals surface area (Å²) in [5, 5.41) is 6.24. The normalized spacial score (nSPS) is 11.2. The Labute approximate surface area is 126 Å². The first kappa shape index (κ1) is 14.0. The molecule has 21 heavy (non-hydrogen) atoms. The summed E-state index contributed by atoms with van der Waals surface area (Å²) in [6, 6.07) is 5.77. The Kier molecular flexibility index (Phi) is 3.60. The number of nitrogens with two attached hydrogens (primary N) is 1. The Balaban J connectivity index is 1.98. The Bertz CT molecular complexity index is 792. The van der Waals surface area contributed by atoms with Gasteiger partial charge in [-0.05, 0) is 30.8 Å². The number of aromatic nitrogens is 4. The second-order valence-electron chi connectivity index (χ2n) is 4.72. The fraction of sp³-hybridized carbons (Fsp3) is 0.286. The number of nitrogens with zero attached hydrogens (tertiary/aromatic N) is 3. The number of aryl methyl sites for hydroxylation is 2. The molecule has 0 saturated carbocycles. The lowest BCUT2D eigenvalue weighted by atomic mass is 10.3. The molecule has 110 valence electrons. The van der Waals surface area contributed by atoms with Gasteiger partial charge in [-0.25, -0.2) is 4.98 Å². The van der Waals surface area contributed by atoms with Gasteiger partial charge in [-0.1, -0.05) is 0 Å². The minimum Gasteiger partial charge on any atom is -0.497 e. The number of rotatable bonds is 4. The average molecular weight is 303 g/mol. The third-order valence-corrected chi connectivity index (χ3v) is 4.44. The van der Waals surface area contributed by atoms with Gasteiger partial charge >= 0.3 is 0 Å². The van der Waals surface area contributed by atoms with Crippen LogP contribution in [0.4, 0.5) is 0 Å². The van der Waals surface area contributed by atoms with Gasteiger partial charge in [0.1, 0.15) is 10.8 Å². The van der Waals surface area contributed by atoms with E-state index in [9.17, 15) is 0 Å². The van der Waals surface area contributed by atoms with Crippen molar-refractivity contribution in [1.82, 2.24) is 19.7 Å². The van der Waals surface area contributed by atoms with E-state index >= 15 is 0 Å². The van der Waals surface area contributed by atoms with E-state index in [0.717, 1.165) is 38.2 Å². The van der Waals surface area contributed by atoms with Crippen molar-refractivity contribution < 1.29 is 4.74 Å². The zero-order valence-corrected chi connectivity index (χ0v) is 13.0. The predicted molar refractivity (Wildman–Crippen MR) is 82.6 cm³/mol. The molecule has 3 aromatic rings. The summed E-state index contributed by atoms with van der Waals surface area (Å²) in [5.74, 6) is 0.807. The van der Waals surface area contributed by atoms with Crippen molar-refractivity contribution in [2.45, 2.75) is 23.7 Å². The maximum atomic E-state index is 5.82. The van der Waals surface area contributed by atoms with Crippen molar-refractivity contribution in [3.05, 3.63) is 29.5 Å². The molecule has 2 heterocycles. The van der Waals surface area contributed by atoms with Crippen LogP contribution < -0.4 is 10.5 Å². The van der Waals surface area contributed by atoms with Crippen LogP contribution in [-0.4, -0.2) is 26.9 Å². The molecule has 3 N–H and O–H groups in total. The van der Waals surface area contributed by atoms with E-state index in [2.05, 4.69) is 15.1 Å². The number of aromatic amines is 1. The van der Waals surface area contributed by atoms with Gasteiger partial charge in [0.25, 0.3) is 0 Å². The Morgan fingerprint density at radius 2 is 2.24 bits per heavy atom. The molecule has 0 aliphatic carbocycles. The maximum Gasteiger partial charge on any atom is 0.172 e. The van der Waals surface area contributed by atoms with Crippen molar-refractivity contribution in [3.63, 3.8) is 0 Å². The number of fused-ring (bicyclic) bond motifs is 1. The smallest absolute Gasteiger partial charge is 0.172 e. The Hall–Kier alpha value is -1.99. The van der Waals surface area contributed by atoms with Crippen molar-refractivity contribution in [2.24, 2.45) is 12.8 Å². The first-order valence-electron chi connectivity index (χ1n) is 6.56. The second-order valence-corrected chi connectivity index (χ2v) is 5.70. The summed E-state index contributed by atoms with van der Waals surface area (Å²) in [4.78, 5) is 7.88. The molecule has 0 saturated heterocycles. The molecule has 6 nitrogen and oxygen atoms in total. The highest BCUT2D eigenvalue weighted by molar-refractivity contribution is 7.99. The number of benzene rings is 1. The van der Waals surface area contributed by atoms with Crippen LogP contribution in [0, 0.1) is 6.92 Å². The minimum absolute atomic E-state index is 0.468. The predicted octanol–water partition coefficient (Wildman–Crippen LogP) is 2.22. The van der Waals surface area contributed by atoms with Crippen LogP contribution in [0.3, 0.4) is 0 Å². The monoisotopic (exact) mass is 303 g/mol. The molecule has 1 aromatic carbocycles. The van der Waals surface area contributed by atoms with Crippen LogP contribution in [0.5, 0.6) is 5.75 Å². The number of nitrogens with one attached hydrogen (secondary N) is 1. The summed E-state index contributed by atoms with van der Waals surface area (Å²) in [7, 11) is 3.57. The van der Waals surface area contributed by atoms with Crippen LogP contribution in [-0.2, 0) is 13.6 Å². The summed E-state index contributed by atoms with van der Waals surface area (Å²) in [6.45, 7) is 2.44. The Morgan fingerprint density at radius 1 is 1.43 bits per heavy atom. The lowest BCUT2D eigenvalue weighted by Crippen LogP contribution is -1.99. The number of imidazole rings is 1. The van der Waals surface area contributed by atoms with E-state index in [4.69, 9.17) is 10.5 Å². The molecule has 0 spiro atoms. The SMILES string of the molecule is COc1ccc2nc(Sc3c(CN)c(C)nn3C)[nH]c2c1. The van der Waals surface area contributed by atoms with Crippen LogP contribution in [0.1, 0.15) is 11.3 Å². The van der Waals surface area contributed by atoms with Crippen molar-refractivity contribution >= 4 is 22.8 Å². The zero-order chi connectivity index (χ0) is 15.0. The van der Waals surface area contributed by atoms with Gasteiger partial charge in [0.2, 0.25) is 0 Å². The van der Waals surface area contributed by atoms with E-state index in [1.54, 1.807) is 7.11 Å². The van der Waals surface area contributed by atoms with Crippen LogP contribution in [0.15, 0.2) is 28.4 Å². The second kappa shape index (κ2) is 5.42. The summed E-state index contributed by atoms with van der Waals surface area (Å²) < 4.78 is 7.07. The molecule has 3 rings (SSSR count). The maximum absolute atomic E-state index is 5.82. The molecule has 0 aliphatic rings. The standard InChI is InChI=1S/C14H17N5OS/c1-8-10(7-15)13(19(2)18-8)21-14-16-11-5-4-9(20-3)6-12(11)17-14/h4-6H,7,15H2,1-3H3,(H,16,17). The van der Waals surface area contributed by atoms with Crippen LogP contribution in [0.2, 0.25) is 0 Å². The quantitative estimate of drug-likeness (QED) is 0.772. The van der Waals surface area contributed by atoms with Crippen LogP contribution >= 0.6 is 11.8 Å². The number of methoxy groups -OCH3 is 1. The summed E-state index contributed by atoms with van der Waals surface area (Å²) in [5.41, 5.74) is 9.69. The number of hydrogen-bond acceptors (Lipinski definition) is 5. The molecule has 0 fully saturated rings. The number of hydrogen-bond donors (Lipinski definition) is 2. The van der Waals surface area contributed by atoms with Gasteiger partial charge in [0.15, 0.2) is 5.16 Å². The largest absolute Gasteiger partial charge is 0.497 e. The highest BCUT2D eigenvalue weighted by Gasteiger charge is 2.15. The lowest BCUT2D eigenvalue weighted by Gasteiger charge is -2.01. The van der Waals surface area contributed by atoms with E-state index in [1.165, 1.54) is 11.8 Å².